The van der Waals surface area contributed by atoms with Gasteiger partial charge >= 0.3 is 0 Å². The quantitative estimate of drug-likeness (QED) is 0.0245. The van der Waals surface area contributed by atoms with E-state index in [1.807, 2.05) is 133 Å². The monoisotopic (exact) mass is 1250 g/mol. The van der Waals surface area contributed by atoms with E-state index in [-0.39, 0.29) is 51.3 Å². The van der Waals surface area contributed by atoms with Crippen LogP contribution in [0, 0.1) is 0 Å². The fourth-order valence-electron chi connectivity index (χ4n) is 8.87. The molecule has 4 aromatic heterocycles. The summed E-state index contributed by atoms with van der Waals surface area (Å²) in [6.07, 6.45) is -0.681. The van der Waals surface area contributed by atoms with Gasteiger partial charge in [-0.05, 0) is 170 Å². The van der Waals surface area contributed by atoms with Crippen LogP contribution in [0.3, 0.4) is 0 Å². The SMILES string of the molecule is COCOc1ccc2nc(-c3ccc(NCC(CNc4ccc(-c5nc6ccc(OCOC)cc6s5)cc4)OS(C)(=O)=O)cc3)sc2c1.Oc1ccc2nc(-c3ccc(NCC([18F])CNc4ccc(-c5nc6ccc(O)cc6s5)cc4)cc3)sc2c1. The number of ether oxygens (including phenoxy) is 4. The molecule has 0 unspecified atom stereocenters. The van der Waals surface area contributed by atoms with Gasteiger partial charge in [0.15, 0.2) is 13.6 Å². The van der Waals surface area contributed by atoms with Crippen LogP contribution in [0.4, 0.5) is 27.1 Å². The number of nitrogens with one attached hydrogen (secondary N) is 4. The van der Waals surface area contributed by atoms with Gasteiger partial charge < -0.3 is 50.4 Å². The predicted molar refractivity (Wildman–Crippen MR) is 347 cm³/mol. The van der Waals surface area contributed by atoms with Crippen molar-refractivity contribution in [1.29, 1.82) is 0 Å². The maximum atomic E-state index is 14.6. The first-order chi connectivity index (χ1) is 41.8. The number of halogens is 1. The molecule has 0 bridgehead atoms. The second-order valence-electron chi connectivity index (χ2n) is 19.6. The van der Waals surface area contributed by atoms with Crippen molar-refractivity contribution < 1.29 is 46.2 Å². The molecule has 86 heavy (non-hydrogen) atoms. The lowest BCUT2D eigenvalue weighted by Crippen LogP contribution is -2.32. The van der Waals surface area contributed by atoms with Crippen LogP contribution in [0.15, 0.2) is 170 Å². The Morgan fingerprint density at radius 2 is 0.744 bits per heavy atom. The number of phenols is 2. The zero-order chi connectivity index (χ0) is 59.6. The summed E-state index contributed by atoms with van der Waals surface area (Å²) >= 11 is 6.20. The average molecular weight is 1250 g/mol. The summed E-state index contributed by atoms with van der Waals surface area (Å²) in [6, 6.07) is 53.0. The van der Waals surface area contributed by atoms with E-state index in [9.17, 15) is 23.0 Å². The van der Waals surface area contributed by atoms with Gasteiger partial charge in [-0.3, -0.25) is 4.18 Å². The van der Waals surface area contributed by atoms with E-state index in [0.29, 0.717) is 0 Å². The third-order valence-electron chi connectivity index (χ3n) is 13.1. The fourth-order valence-corrected chi connectivity index (χ4v) is 13.5. The number of phenolic OH excluding ortho intramolecular Hbond substituents is 2. The highest BCUT2D eigenvalue weighted by Crippen LogP contribution is 2.37. The molecule has 440 valence electrons. The molecule has 0 saturated heterocycles. The Kier molecular flexibility index (Phi) is 18.8. The number of fused-ring (bicyclic) bond motifs is 4. The predicted octanol–water partition coefficient (Wildman–Crippen LogP) is 14.6. The Morgan fingerprint density at radius 3 is 1.06 bits per heavy atom. The van der Waals surface area contributed by atoms with Crippen LogP contribution >= 0.6 is 45.3 Å². The van der Waals surface area contributed by atoms with E-state index in [1.54, 1.807) is 73.3 Å². The lowest BCUT2D eigenvalue weighted by molar-refractivity contribution is 0.0511. The van der Waals surface area contributed by atoms with Crippen molar-refractivity contribution >= 4 is 119 Å². The topological polar surface area (TPSA) is 220 Å². The minimum Gasteiger partial charge on any atom is -0.508 e. The molecule has 0 saturated carbocycles. The molecule has 0 aliphatic carbocycles. The molecule has 0 aliphatic heterocycles. The highest BCUT2D eigenvalue weighted by molar-refractivity contribution is 7.86. The van der Waals surface area contributed by atoms with Gasteiger partial charge in [0.25, 0.3) is 10.1 Å². The molecule has 0 aliphatic rings. The van der Waals surface area contributed by atoms with Crippen molar-refractivity contribution in [3.05, 3.63) is 170 Å². The standard InChI is InChI=1S/C34H34N4O7S3.C29H23FN4O2S2/c1-41-20-43-26-12-14-29-31(16-26)46-33(37-29)22-4-8-24(9-5-22)35-18-28(45-48(3,39)40)19-36-25-10-6-23(7-11-25)34-38-30-15-13-27(44-21-42-2)17-32(30)47-34;30-19(15-31-20-5-1-17(2-6-20)28-33-24-11-9-22(35)13-26(24)37-28)16-32-21-7-3-18(4-8-21)29-34-25-12-10-23(36)14-27(25)38-29/h4-17,28,35-36H,18-21H2,1-3H3;1-14,19,31-32,35-36H,15-16H2/i;30-1. The van der Waals surface area contributed by atoms with E-state index in [4.69, 9.17) is 33.1 Å². The van der Waals surface area contributed by atoms with Gasteiger partial charge in [-0.1, -0.05) is 0 Å². The van der Waals surface area contributed by atoms with Crippen LogP contribution in [0.2, 0.25) is 0 Å². The van der Waals surface area contributed by atoms with Gasteiger partial charge in [0.1, 0.15) is 55.3 Å². The van der Waals surface area contributed by atoms with Crippen LogP contribution in [-0.2, 0) is 23.8 Å². The summed E-state index contributed by atoms with van der Waals surface area (Å²) in [6.45, 7) is 1.28. The van der Waals surface area contributed by atoms with Crippen molar-refractivity contribution in [2.24, 2.45) is 0 Å². The Balaban J connectivity index is 0.000000183. The number of anilines is 4. The zero-order valence-electron chi connectivity index (χ0n) is 46.5. The number of aromatic hydroxyl groups is 2. The molecule has 6 N–H and O–H groups in total. The van der Waals surface area contributed by atoms with Gasteiger partial charge in [0, 0.05) is 85.4 Å². The van der Waals surface area contributed by atoms with Crippen molar-refractivity contribution in [2.45, 2.75) is 12.3 Å². The highest BCUT2D eigenvalue weighted by atomic mass is 32.2. The van der Waals surface area contributed by atoms with Crippen LogP contribution in [0.25, 0.3) is 83.2 Å². The van der Waals surface area contributed by atoms with Crippen molar-refractivity contribution in [2.75, 3.05) is 81.5 Å². The number of aromatic nitrogens is 4. The molecule has 0 fully saturated rings. The van der Waals surface area contributed by atoms with Crippen LogP contribution in [0.1, 0.15) is 0 Å². The average Bonchev–Trinajstić information content (AvgIpc) is 4.49. The zero-order valence-corrected chi connectivity index (χ0v) is 50.6. The molecule has 0 atom stereocenters. The first-order valence-corrected chi connectivity index (χ1v) is 32.0. The normalized spacial score (nSPS) is 11.6. The molecule has 0 radical (unpaired) electrons. The largest absolute Gasteiger partial charge is 0.508 e. The summed E-state index contributed by atoms with van der Waals surface area (Å²) in [5, 5.41) is 35.7. The molecule has 12 aromatic rings. The van der Waals surface area contributed by atoms with Crippen molar-refractivity contribution in [3.63, 3.8) is 0 Å². The number of alkyl halides is 1. The minimum absolute atomic E-state index is 0.184. The third kappa shape index (κ3) is 15.5. The Hall–Kier alpha value is -8.52. The second-order valence-corrected chi connectivity index (χ2v) is 25.3. The van der Waals surface area contributed by atoms with Crippen molar-refractivity contribution in [1.82, 2.24) is 19.9 Å². The van der Waals surface area contributed by atoms with Gasteiger partial charge in [0.05, 0.1) is 47.1 Å². The highest BCUT2D eigenvalue weighted by Gasteiger charge is 2.18. The maximum absolute atomic E-state index is 14.6. The molecule has 0 spiro atoms. The summed E-state index contributed by atoms with van der Waals surface area (Å²) in [4.78, 5) is 18.7. The molecule has 12 rings (SSSR count). The van der Waals surface area contributed by atoms with E-state index in [0.717, 1.165) is 124 Å². The lowest BCUT2D eigenvalue weighted by atomic mass is 10.2. The first-order valence-electron chi connectivity index (χ1n) is 26.9. The van der Waals surface area contributed by atoms with E-state index in [1.165, 1.54) is 22.7 Å². The van der Waals surface area contributed by atoms with Gasteiger partial charge in [-0.25, -0.2) is 24.3 Å². The van der Waals surface area contributed by atoms with E-state index in [2.05, 4.69) is 31.2 Å². The third-order valence-corrected chi connectivity index (χ3v) is 18.0. The van der Waals surface area contributed by atoms with Crippen LogP contribution in [-0.4, -0.2) is 111 Å². The number of methoxy groups -OCH3 is 2. The van der Waals surface area contributed by atoms with E-state index >= 15 is 0 Å². The second kappa shape index (κ2) is 27.2. The number of nitrogens with zero attached hydrogens (tertiary/aromatic N) is 4. The fraction of sp³-hybridized carbons (Fsp3) is 0.175. The lowest BCUT2D eigenvalue weighted by Gasteiger charge is -2.19. The van der Waals surface area contributed by atoms with Gasteiger partial charge in [-0.15, -0.1) is 45.3 Å². The summed E-state index contributed by atoms with van der Waals surface area (Å²) < 4.78 is 69.0. The molecule has 23 heteroatoms. The van der Waals surface area contributed by atoms with Gasteiger partial charge in [-0.2, -0.15) is 8.42 Å². The number of hydrogen-bond acceptors (Lipinski definition) is 21. The Labute approximate surface area is 510 Å². The summed E-state index contributed by atoms with van der Waals surface area (Å²) in [7, 11) is -0.518. The Morgan fingerprint density at radius 1 is 0.442 bits per heavy atom. The molecule has 8 aromatic carbocycles. The molecular weight excluding hydrogens is 1190 g/mol. The molecule has 0 amide bonds. The van der Waals surface area contributed by atoms with Crippen molar-refractivity contribution in [3.8, 4) is 65.3 Å². The number of benzene rings is 8. The smallest absolute Gasteiger partial charge is 0.264 e. The van der Waals surface area contributed by atoms with Gasteiger partial charge in [0.2, 0.25) is 0 Å². The van der Waals surface area contributed by atoms with E-state index < -0.39 is 22.4 Å². The molecule has 17 nitrogen and oxygen atoms in total. The maximum Gasteiger partial charge on any atom is 0.264 e. The van der Waals surface area contributed by atoms with Crippen LogP contribution < -0.4 is 30.7 Å². The first kappa shape index (κ1) is 59.2. The summed E-state index contributed by atoms with van der Waals surface area (Å²) in [5.41, 5.74) is 10.7. The molecular formula is C63H57FN8O9S5. The number of hydrogen-bond donors (Lipinski definition) is 6. The number of thiazole rings is 4. The van der Waals surface area contributed by atoms with Crippen LogP contribution in [0.5, 0.6) is 23.0 Å². The minimum atomic E-state index is -3.69. The number of rotatable bonds is 24. The summed E-state index contributed by atoms with van der Waals surface area (Å²) in [5.74, 6) is 1.91. The Bertz CT molecular complexity index is 4100. The molecule has 4 heterocycles.